The van der Waals surface area contributed by atoms with Crippen molar-refractivity contribution in [2.45, 2.75) is 23.0 Å². The number of sulfone groups is 1. The predicted octanol–water partition coefficient (Wildman–Crippen LogP) is 5.45. The number of aromatic nitrogens is 2. The van der Waals surface area contributed by atoms with E-state index < -0.39 is 21.7 Å². The molecule has 13 heteroatoms. The van der Waals surface area contributed by atoms with Crippen LogP contribution < -0.4 is 21.3 Å². The van der Waals surface area contributed by atoms with Crippen molar-refractivity contribution in [3.05, 3.63) is 107 Å². The Kier molecular flexibility index (Phi) is 8.96. The molecule has 2 heterocycles. The van der Waals surface area contributed by atoms with Gasteiger partial charge in [0.25, 0.3) is 11.8 Å². The number of nitrogens with zero attached hydrogens (tertiary/aromatic N) is 3. The average Bonchev–Trinajstić information content (AvgIpc) is 3.03. The Bertz CT molecular complexity index is 1780. The van der Waals surface area contributed by atoms with Crippen LogP contribution in [0.5, 0.6) is 0 Å². The van der Waals surface area contributed by atoms with Gasteiger partial charge in [0.2, 0.25) is 5.95 Å². The van der Waals surface area contributed by atoms with Crippen LogP contribution in [0.1, 0.15) is 33.6 Å². The fourth-order valence-corrected chi connectivity index (χ4v) is 6.44. The number of hydrogen-bond acceptors (Lipinski definition) is 8. The lowest BCUT2D eigenvalue weighted by molar-refractivity contribution is 0.101. The maximum absolute atomic E-state index is 13.0. The second-order valence-electron chi connectivity index (χ2n) is 9.70. The van der Waals surface area contributed by atoms with Gasteiger partial charge in [-0.15, -0.1) is 0 Å². The van der Waals surface area contributed by atoms with Crippen LogP contribution in [-0.2, 0) is 9.84 Å². The van der Waals surface area contributed by atoms with Crippen molar-refractivity contribution >= 4 is 62.0 Å². The fourth-order valence-electron chi connectivity index (χ4n) is 4.48. The molecule has 0 unspecified atom stereocenters. The van der Waals surface area contributed by atoms with Gasteiger partial charge in [0.05, 0.1) is 45.4 Å². The SMILES string of the molecule is [C-]#[N+]c1ccc(C(=O)Nc2ccc(Cl)c(C(=O)Nc3cnc(Nc4ccc(S(=O)(=O)C5CCNCC5)cc4)nc3)c2)cc1. The largest absolute Gasteiger partial charge is 0.324 e. The average molecular weight is 616 g/mol. The zero-order valence-electron chi connectivity index (χ0n) is 22.7. The number of amides is 2. The molecule has 3 aromatic carbocycles. The van der Waals surface area contributed by atoms with Crippen molar-refractivity contribution in [1.82, 2.24) is 15.3 Å². The summed E-state index contributed by atoms with van der Waals surface area (Å²) in [6.07, 6.45) is 4.01. The molecule has 2 amide bonds. The number of rotatable bonds is 8. The van der Waals surface area contributed by atoms with E-state index in [1.807, 2.05) is 0 Å². The van der Waals surface area contributed by atoms with Gasteiger partial charge in [-0.1, -0.05) is 35.9 Å². The van der Waals surface area contributed by atoms with Crippen LogP contribution in [0, 0.1) is 6.57 Å². The van der Waals surface area contributed by atoms with Crippen molar-refractivity contribution in [2.75, 3.05) is 29.0 Å². The van der Waals surface area contributed by atoms with Crippen molar-refractivity contribution in [1.29, 1.82) is 0 Å². The number of anilines is 4. The standard InChI is InChI=1S/C30H26ClN7O4S/c1-32-20-4-2-19(3-5-20)28(39)36-22-8-11-27(31)26(16-22)29(40)37-23-17-34-30(35-18-23)38-21-6-9-24(10-7-21)43(41,42)25-12-14-33-15-13-25/h2-11,16-18,25,33H,12-15H2,(H,36,39)(H,37,40)(H,34,35,38). The first-order valence-electron chi connectivity index (χ1n) is 13.3. The van der Waals surface area contributed by atoms with E-state index in [0.717, 1.165) is 0 Å². The first-order valence-corrected chi connectivity index (χ1v) is 15.2. The van der Waals surface area contributed by atoms with Crippen LogP contribution in [0.15, 0.2) is 84.0 Å². The molecule has 0 saturated carbocycles. The minimum absolute atomic E-state index is 0.129. The molecule has 0 bridgehead atoms. The molecule has 5 rings (SSSR count). The number of hydrogen-bond donors (Lipinski definition) is 4. The Balaban J connectivity index is 1.20. The summed E-state index contributed by atoms with van der Waals surface area (Å²) in [5, 5.41) is 11.4. The molecule has 1 fully saturated rings. The lowest BCUT2D eigenvalue weighted by Gasteiger charge is -2.22. The number of carbonyl (C=O) groups is 2. The summed E-state index contributed by atoms with van der Waals surface area (Å²) in [5.41, 5.74) is 2.18. The highest BCUT2D eigenvalue weighted by Gasteiger charge is 2.28. The lowest BCUT2D eigenvalue weighted by Crippen LogP contribution is -2.35. The second kappa shape index (κ2) is 13.0. The number of nitrogens with one attached hydrogen (secondary N) is 4. The zero-order chi connectivity index (χ0) is 30.4. The van der Waals surface area contributed by atoms with Crippen LogP contribution in [0.3, 0.4) is 0 Å². The summed E-state index contributed by atoms with van der Waals surface area (Å²) in [6.45, 7) is 8.40. The van der Waals surface area contributed by atoms with Crippen LogP contribution in [-0.4, -0.2) is 48.5 Å². The third kappa shape index (κ3) is 7.15. The van der Waals surface area contributed by atoms with Gasteiger partial charge in [-0.25, -0.2) is 23.2 Å². The van der Waals surface area contributed by atoms with Crippen LogP contribution >= 0.6 is 11.6 Å². The van der Waals surface area contributed by atoms with Gasteiger partial charge >= 0.3 is 0 Å². The van der Waals surface area contributed by atoms with Gasteiger partial charge in [-0.3, -0.25) is 9.59 Å². The third-order valence-electron chi connectivity index (χ3n) is 6.80. The van der Waals surface area contributed by atoms with Crippen LogP contribution in [0.25, 0.3) is 4.85 Å². The van der Waals surface area contributed by atoms with E-state index in [0.29, 0.717) is 54.2 Å². The molecule has 1 aliphatic heterocycles. The highest BCUT2D eigenvalue weighted by molar-refractivity contribution is 7.92. The molecule has 218 valence electrons. The Morgan fingerprint density at radius 2 is 1.49 bits per heavy atom. The van der Waals surface area contributed by atoms with E-state index in [1.54, 1.807) is 54.6 Å². The van der Waals surface area contributed by atoms with Crippen molar-refractivity contribution in [3.63, 3.8) is 0 Å². The van der Waals surface area contributed by atoms with Gasteiger partial charge in [-0.05, 0) is 68.4 Å². The van der Waals surface area contributed by atoms with Crippen LogP contribution in [0.2, 0.25) is 5.02 Å². The Hall–Kier alpha value is -4.83. The summed E-state index contributed by atoms with van der Waals surface area (Å²) in [4.78, 5) is 37.6. The van der Waals surface area contributed by atoms with Crippen molar-refractivity contribution < 1.29 is 18.0 Å². The number of benzene rings is 3. The summed E-state index contributed by atoms with van der Waals surface area (Å²) < 4.78 is 25.8. The summed E-state index contributed by atoms with van der Waals surface area (Å²) in [5.74, 6) is -0.684. The maximum atomic E-state index is 13.0. The maximum Gasteiger partial charge on any atom is 0.257 e. The van der Waals surface area contributed by atoms with Gasteiger partial charge in [0, 0.05) is 16.9 Å². The molecular formula is C30H26ClN7O4S. The smallest absolute Gasteiger partial charge is 0.257 e. The molecule has 4 aromatic rings. The highest BCUT2D eigenvalue weighted by Crippen LogP contribution is 2.25. The number of piperidine rings is 1. The molecule has 43 heavy (non-hydrogen) atoms. The van der Waals surface area contributed by atoms with E-state index in [-0.39, 0.29) is 26.7 Å². The number of carbonyl (C=O) groups excluding carboxylic acids is 2. The van der Waals surface area contributed by atoms with Gasteiger partial charge in [-0.2, -0.15) is 0 Å². The monoisotopic (exact) mass is 615 g/mol. The fraction of sp³-hybridized carbons (Fsp3) is 0.167. The first-order chi connectivity index (χ1) is 20.7. The van der Waals surface area contributed by atoms with E-state index in [1.165, 1.54) is 24.5 Å². The van der Waals surface area contributed by atoms with Gasteiger partial charge in [0.15, 0.2) is 15.5 Å². The van der Waals surface area contributed by atoms with Crippen LogP contribution in [0.4, 0.5) is 28.7 Å². The molecule has 0 radical (unpaired) electrons. The molecular weight excluding hydrogens is 590 g/mol. The van der Waals surface area contributed by atoms with Crippen molar-refractivity contribution in [3.8, 4) is 0 Å². The zero-order valence-corrected chi connectivity index (χ0v) is 24.2. The molecule has 0 atom stereocenters. The molecule has 1 saturated heterocycles. The molecule has 1 aliphatic rings. The summed E-state index contributed by atoms with van der Waals surface area (Å²) >= 11 is 6.26. The first kappa shape index (κ1) is 29.7. The molecule has 1 aromatic heterocycles. The minimum Gasteiger partial charge on any atom is -0.324 e. The summed E-state index contributed by atoms with van der Waals surface area (Å²) in [7, 11) is -3.40. The predicted molar refractivity (Wildman–Crippen MR) is 165 cm³/mol. The highest BCUT2D eigenvalue weighted by atomic mass is 35.5. The molecule has 0 aliphatic carbocycles. The normalized spacial score (nSPS) is 13.5. The Morgan fingerprint density at radius 1 is 0.860 bits per heavy atom. The Morgan fingerprint density at radius 3 is 2.14 bits per heavy atom. The lowest BCUT2D eigenvalue weighted by atomic mass is 10.1. The van der Waals surface area contributed by atoms with E-state index in [9.17, 15) is 18.0 Å². The van der Waals surface area contributed by atoms with Gasteiger partial charge < -0.3 is 21.3 Å². The van der Waals surface area contributed by atoms with E-state index >= 15 is 0 Å². The molecule has 0 spiro atoms. The van der Waals surface area contributed by atoms with E-state index in [4.69, 9.17) is 18.2 Å². The third-order valence-corrected chi connectivity index (χ3v) is 9.41. The molecule has 11 nitrogen and oxygen atoms in total. The second-order valence-corrected chi connectivity index (χ2v) is 12.3. The number of halogens is 1. The molecule has 4 N–H and O–H groups in total. The quantitative estimate of drug-likeness (QED) is 0.191. The Labute approximate surface area is 253 Å². The minimum atomic E-state index is -3.40. The van der Waals surface area contributed by atoms with Gasteiger partial charge in [0.1, 0.15) is 0 Å². The summed E-state index contributed by atoms with van der Waals surface area (Å²) in [6, 6.07) is 17.2. The van der Waals surface area contributed by atoms with E-state index in [2.05, 4.69) is 36.1 Å². The topological polar surface area (TPSA) is 147 Å². The van der Waals surface area contributed by atoms with Crippen molar-refractivity contribution in [2.24, 2.45) is 0 Å².